The number of likely N-dealkylation sites (N-methyl/N-ethyl adjacent to an activating group) is 1. The Kier molecular flexibility index (Phi) is 4.56. The highest BCUT2D eigenvalue weighted by Gasteiger charge is 2.41. The molecule has 0 spiro atoms. The van der Waals surface area contributed by atoms with Gasteiger partial charge in [-0.1, -0.05) is 61.5 Å². The maximum absolute atomic E-state index is 2.69. The van der Waals surface area contributed by atoms with Crippen LogP contribution < -0.4 is 0 Å². The Bertz CT molecular complexity index is 625. The maximum Gasteiger partial charge on any atom is 0.0173 e. The number of fused-ring (bicyclic) bond motifs is 3. The number of likely N-dealkylation sites (tertiary alicyclic amines) is 1. The van der Waals surface area contributed by atoms with Gasteiger partial charge in [0.2, 0.25) is 0 Å². The highest BCUT2D eigenvalue weighted by atomic mass is 35.5. The molecule has 22 heavy (non-hydrogen) atoms. The van der Waals surface area contributed by atoms with Crippen molar-refractivity contribution in [1.82, 2.24) is 4.90 Å². The number of halogens is 1. The van der Waals surface area contributed by atoms with Crippen LogP contribution >= 0.6 is 12.4 Å². The van der Waals surface area contributed by atoms with Crippen LogP contribution in [0.3, 0.4) is 0 Å². The standard InChI is InChI=1S/C20H23N.ClH/c1-2-21-13-12-18-16-10-6-7-11-17(16)19(14-20(18)21)15-8-4-3-5-9-15;/h3-11,18-20H,2,12-14H2,1H3;1H/t18-,19-,20-;/m0./s1. The van der Waals surface area contributed by atoms with Crippen molar-refractivity contribution in [2.24, 2.45) is 0 Å². The first-order chi connectivity index (χ1) is 10.4. The quantitative estimate of drug-likeness (QED) is 0.768. The van der Waals surface area contributed by atoms with Crippen LogP contribution in [0, 0.1) is 0 Å². The molecule has 0 aromatic heterocycles. The maximum atomic E-state index is 2.69. The molecule has 0 N–H and O–H groups in total. The Hall–Kier alpha value is -1.31. The average molecular weight is 314 g/mol. The van der Waals surface area contributed by atoms with Crippen LogP contribution in [-0.4, -0.2) is 24.0 Å². The zero-order chi connectivity index (χ0) is 14.2. The fourth-order valence-electron chi connectivity index (χ4n) is 4.52. The predicted octanol–water partition coefficient (Wildman–Crippen LogP) is 4.82. The molecule has 2 aromatic rings. The van der Waals surface area contributed by atoms with Gasteiger partial charge in [-0.3, -0.25) is 4.90 Å². The fraction of sp³-hybridized carbons (Fsp3) is 0.400. The van der Waals surface area contributed by atoms with Crippen molar-refractivity contribution >= 4 is 12.4 Å². The molecule has 1 aliphatic heterocycles. The van der Waals surface area contributed by atoms with Gasteiger partial charge in [-0.2, -0.15) is 0 Å². The van der Waals surface area contributed by atoms with Gasteiger partial charge in [0.05, 0.1) is 0 Å². The molecule has 2 aliphatic rings. The molecule has 2 aromatic carbocycles. The molecule has 1 aliphatic carbocycles. The number of nitrogens with zero attached hydrogens (tertiary/aromatic N) is 1. The van der Waals surface area contributed by atoms with Gasteiger partial charge in [0.1, 0.15) is 0 Å². The molecule has 0 unspecified atom stereocenters. The van der Waals surface area contributed by atoms with Crippen LogP contribution in [0.15, 0.2) is 54.6 Å². The third-order valence-corrected chi connectivity index (χ3v) is 5.52. The lowest BCUT2D eigenvalue weighted by molar-refractivity contribution is 0.230. The molecule has 1 saturated heterocycles. The lowest BCUT2D eigenvalue weighted by Gasteiger charge is -2.38. The minimum absolute atomic E-state index is 0. The van der Waals surface area contributed by atoms with Crippen molar-refractivity contribution in [3.8, 4) is 0 Å². The van der Waals surface area contributed by atoms with Gasteiger partial charge >= 0.3 is 0 Å². The average Bonchev–Trinajstić information content (AvgIpc) is 2.98. The molecule has 116 valence electrons. The van der Waals surface area contributed by atoms with E-state index in [1.165, 1.54) is 31.5 Å². The third kappa shape index (κ3) is 2.47. The molecule has 2 heteroatoms. The van der Waals surface area contributed by atoms with Gasteiger partial charge in [-0.15, -0.1) is 12.4 Å². The Labute approximate surface area is 139 Å². The molecule has 0 saturated carbocycles. The van der Waals surface area contributed by atoms with Gasteiger partial charge in [0, 0.05) is 17.9 Å². The summed E-state index contributed by atoms with van der Waals surface area (Å²) in [6.45, 7) is 4.76. The van der Waals surface area contributed by atoms with Crippen LogP contribution in [0.5, 0.6) is 0 Å². The van der Waals surface area contributed by atoms with E-state index in [0.717, 1.165) is 12.0 Å². The topological polar surface area (TPSA) is 3.24 Å². The van der Waals surface area contributed by atoms with E-state index in [1.807, 2.05) is 0 Å². The van der Waals surface area contributed by atoms with Crippen molar-refractivity contribution in [2.75, 3.05) is 13.1 Å². The zero-order valence-corrected chi connectivity index (χ0v) is 13.9. The first kappa shape index (κ1) is 15.6. The van der Waals surface area contributed by atoms with Gasteiger partial charge < -0.3 is 0 Å². The minimum Gasteiger partial charge on any atom is -0.300 e. The fourth-order valence-corrected chi connectivity index (χ4v) is 4.52. The van der Waals surface area contributed by atoms with Crippen LogP contribution in [0.25, 0.3) is 0 Å². The minimum atomic E-state index is 0. The molecule has 4 rings (SSSR count). The van der Waals surface area contributed by atoms with Gasteiger partial charge in [0.15, 0.2) is 0 Å². The summed E-state index contributed by atoms with van der Waals surface area (Å²) in [5.74, 6) is 1.32. The van der Waals surface area contributed by atoms with Gasteiger partial charge in [0.25, 0.3) is 0 Å². The summed E-state index contributed by atoms with van der Waals surface area (Å²) in [7, 11) is 0. The lowest BCUT2D eigenvalue weighted by atomic mass is 9.71. The largest absolute Gasteiger partial charge is 0.300 e. The van der Waals surface area contributed by atoms with Crippen molar-refractivity contribution in [2.45, 2.75) is 37.6 Å². The summed E-state index contributed by atoms with van der Waals surface area (Å²) < 4.78 is 0. The van der Waals surface area contributed by atoms with Crippen LogP contribution in [-0.2, 0) is 0 Å². The van der Waals surface area contributed by atoms with Crippen LogP contribution in [0.1, 0.15) is 48.3 Å². The SMILES string of the molecule is CCN1CC[C@H]2c3ccccc3[C@H](c3ccccc3)C[C@@H]21.Cl. The van der Waals surface area contributed by atoms with Crippen molar-refractivity contribution < 1.29 is 0 Å². The Morgan fingerprint density at radius 2 is 1.64 bits per heavy atom. The smallest absolute Gasteiger partial charge is 0.0173 e. The van der Waals surface area contributed by atoms with Crippen molar-refractivity contribution in [3.05, 3.63) is 71.3 Å². The Balaban J connectivity index is 0.00000144. The summed E-state index contributed by atoms with van der Waals surface area (Å²) in [5, 5.41) is 0. The molecular formula is C20H24ClN. The zero-order valence-electron chi connectivity index (χ0n) is 13.1. The molecule has 1 heterocycles. The normalized spacial score (nSPS) is 26.9. The van der Waals surface area contributed by atoms with E-state index in [1.54, 1.807) is 11.1 Å². The second-order valence-corrected chi connectivity index (χ2v) is 6.42. The summed E-state index contributed by atoms with van der Waals surface area (Å²) in [6.07, 6.45) is 2.61. The second kappa shape index (κ2) is 6.44. The molecular weight excluding hydrogens is 290 g/mol. The van der Waals surface area contributed by atoms with Crippen LogP contribution in [0.4, 0.5) is 0 Å². The van der Waals surface area contributed by atoms with E-state index >= 15 is 0 Å². The number of hydrogen-bond acceptors (Lipinski definition) is 1. The van der Waals surface area contributed by atoms with Crippen molar-refractivity contribution in [1.29, 1.82) is 0 Å². The molecule has 1 nitrogen and oxygen atoms in total. The number of rotatable bonds is 2. The van der Waals surface area contributed by atoms with E-state index in [0.29, 0.717) is 5.92 Å². The Morgan fingerprint density at radius 1 is 0.955 bits per heavy atom. The Morgan fingerprint density at radius 3 is 2.36 bits per heavy atom. The molecule has 0 amide bonds. The summed E-state index contributed by atoms with van der Waals surface area (Å²) in [4.78, 5) is 2.69. The van der Waals surface area contributed by atoms with E-state index in [-0.39, 0.29) is 12.4 Å². The second-order valence-electron chi connectivity index (χ2n) is 6.42. The predicted molar refractivity (Wildman–Crippen MR) is 95.0 cm³/mol. The first-order valence-corrected chi connectivity index (χ1v) is 8.26. The van der Waals surface area contributed by atoms with E-state index in [9.17, 15) is 0 Å². The molecule has 0 radical (unpaired) electrons. The van der Waals surface area contributed by atoms with Gasteiger partial charge in [-0.25, -0.2) is 0 Å². The number of benzene rings is 2. The monoisotopic (exact) mass is 313 g/mol. The lowest BCUT2D eigenvalue weighted by Crippen LogP contribution is -2.36. The summed E-state index contributed by atoms with van der Waals surface area (Å²) in [6, 6.07) is 21.0. The summed E-state index contributed by atoms with van der Waals surface area (Å²) in [5.41, 5.74) is 4.66. The first-order valence-electron chi connectivity index (χ1n) is 8.26. The van der Waals surface area contributed by atoms with E-state index in [2.05, 4.69) is 66.4 Å². The van der Waals surface area contributed by atoms with Crippen molar-refractivity contribution in [3.63, 3.8) is 0 Å². The van der Waals surface area contributed by atoms with Gasteiger partial charge in [-0.05, 0) is 42.6 Å². The molecule has 0 bridgehead atoms. The summed E-state index contributed by atoms with van der Waals surface area (Å²) >= 11 is 0. The van der Waals surface area contributed by atoms with Crippen LogP contribution in [0.2, 0.25) is 0 Å². The third-order valence-electron chi connectivity index (χ3n) is 5.52. The highest BCUT2D eigenvalue weighted by molar-refractivity contribution is 5.85. The van der Waals surface area contributed by atoms with E-state index in [4.69, 9.17) is 0 Å². The highest BCUT2D eigenvalue weighted by Crippen LogP contribution is 2.48. The molecule has 1 fully saturated rings. The molecule has 3 atom stereocenters. The number of hydrogen-bond donors (Lipinski definition) is 0. The van der Waals surface area contributed by atoms with E-state index < -0.39 is 0 Å².